The zero-order chi connectivity index (χ0) is 13.7. The number of hydrogen-bond donors (Lipinski definition) is 2. The molecule has 0 aromatic carbocycles. The first-order chi connectivity index (χ1) is 9.27. The Hall–Kier alpha value is -1.95. The number of pyridine rings is 1. The monoisotopic (exact) mass is 261 g/mol. The molecule has 0 aliphatic carbocycles. The van der Waals surface area contributed by atoms with Crippen LogP contribution >= 0.6 is 0 Å². The van der Waals surface area contributed by atoms with E-state index in [0.29, 0.717) is 24.3 Å². The van der Waals surface area contributed by atoms with Gasteiger partial charge in [0, 0.05) is 19.2 Å². The third kappa shape index (κ3) is 2.90. The molecule has 0 bridgehead atoms. The molecule has 19 heavy (non-hydrogen) atoms. The summed E-state index contributed by atoms with van der Waals surface area (Å²) in [6.45, 7) is 3.23. The van der Waals surface area contributed by atoms with Crippen LogP contribution in [0.3, 0.4) is 0 Å². The topological polar surface area (TPSA) is 85.3 Å². The van der Waals surface area contributed by atoms with Gasteiger partial charge in [0.05, 0.1) is 5.56 Å². The molecular weight excluding hydrogens is 242 g/mol. The molecule has 2 aromatic heterocycles. The van der Waals surface area contributed by atoms with Gasteiger partial charge in [-0.3, -0.25) is 9.20 Å². The number of nitrogens with one attached hydrogen (secondary N) is 1. The predicted octanol–water partition coefficient (Wildman–Crippen LogP) is 0.760. The summed E-state index contributed by atoms with van der Waals surface area (Å²) in [5.41, 5.74) is 6.56. The highest BCUT2D eigenvalue weighted by atomic mass is 16.1. The van der Waals surface area contributed by atoms with Gasteiger partial charge in [0.1, 0.15) is 5.82 Å². The summed E-state index contributed by atoms with van der Waals surface area (Å²) in [4.78, 5) is 12.1. The van der Waals surface area contributed by atoms with Crippen LogP contribution in [-0.4, -0.2) is 33.6 Å². The van der Waals surface area contributed by atoms with E-state index in [2.05, 4.69) is 22.4 Å². The minimum Gasteiger partial charge on any atom is -0.352 e. The van der Waals surface area contributed by atoms with Gasteiger partial charge in [0.25, 0.3) is 5.91 Å². The second-order valence-electron chi connectivity index (χ2n) is 4.38. The Kier molecular flexibility index (Phi) is 4.46. The Morgan fingerprint density at radius 3 is 3.05 bits per heavy atom. The first-order valence-electron chi connectivity index (χ1n) is 6.58. The van der Waals surface area contributed by atoms with E-state index in [0.717, 1.165) is 25.1 Å². The Labute approximate surface area is 112 Å². The molecule has 0 unspecified atom stereocenters. The van der Waals surface area contributed by atoms with Gasteiger partial charge in [-0.25, -0.2) is 0 Å². The highest BCUT2D eigenvalue weighted by Crippen LogP contribution is 2.11. The zero-order valence-electron chi connectivity index (χ0n) is 11.1. The summed E-state index contributed by atoms with van der Waals surface area (Å²) in [7, 11) is 0. The molecule has 3 N–H and O–H groups in total. The quantitative estimate of drug-likeness (QED) is 0.752. The molecule has 0 saturated carbocycles. The van der Waals surface area contributed by atoms with E-state index in [1.807, 2.05) is 16.7 Å². The van der Waals surface area contributed by atoms with Crippen molar-refractivity contribution < 1.29 is 4.79 Å². The van der Waals surface area contributed by atoms with Crippen LogP contribution in [0.15, 0.2) is 18.3 Å². The standard InChI is InChI=1S/C13H19N5O/c1-2-5-11-16-17-12-10(6-3-9-18(11)12)13(19)15-8-4-7-14/h3,6,9H,2,4-5,7-8,14H2,1H3,(H,15,19). The molecule has 2 heterocycles. The average molecular weight is 261 g/mol. The molecule has 0 aliphatic heterocycles. The Bertz CT molecular complexity index is 563. The maximum absolute atomic E-state index is 12.1. The SMILES string of the molecule is CCCc1nnc2c(C(=O)NCCCN)cccn12. The lowest BCUT2D eigenvalue weighted by atomic mass is 10.2. The van der Waals surface area contributed by atoms with Gasteiger partial charge >= 0.3 is 0 Å². The minimum absolute atomic E-state index is 0.130. The van der Waals surface area contributed by atoms with Gasteiger partial charge in [-0.2, -0.15) is 0 Å². The molecule has 2 rings (SSSR count). The molecule has 1 amide bonds. The molecule has 102 valence electrons. The van der Waals surface area contributed by atoms with Crippen molar-refractivity contribution >= 4 is 11.6 Å². The third-order valence-corrected chi connectivity index (χ3v) is 2.89. The zero-order valence-corrected chi connectivity index (χ0v) is 11.1. The predicted molar refractivity (Wildman–Crippen MR) is 73.0 cm³/mol. The number of fused-ring (bicyclic) bond motifs is 1. The van der Waals surface area contributed by atoms with Crippen LogP contribution in [0.5, 0.6) is 0 Å². The van der Waals surface area contributed by atoms with Crippen LogP contribution in [0.25, 0.3) is 5.65 Å². The number of nitrogens with zero attached hydrogens (tertiary/aromatic N) is 3. The summed E-state index contributed by atoms with van der Waals surface area (Å²) >= 11 is 0. The van der Waals surface area contributed by atoms with Gasteiger partial charge in [-0.15, -0.1) is 10.2 Å². The van der Waals surface area contributed by atoms with Crippen LogP contribution < -0.4 is 11.1 Å². The first kappa shape index (κ1) is 13.5. The summed E-state index contributed by atoms with van der Waals surface area (Å²) in [5.74, 6) is 0.753. The number of rotatable bonds is 6. The van der Waals surface area contributed by atoms with Gasteiger partial charge in [0.2, 0.25) is 0 Å². The fraction of sp³-hybridized carbons (Fsp3) is 0.462. The highest BCUT2D eigenvalue weighted by Gasteiger charge is 2.13. The molecule has 6 heteroatoms. The number of hydrogen-bond acceptors (Lipinski definition) is 4. The van der Waals surface area contributed by atoms with E-state index < -0.39 is 0 Å². The van der Waals surface area contributed by atoms with Gasteiger partial charge < -0.3 is 11.1 Å². The minimum atomic E-state index is -0.130. The Morgan fingerprint density at radius 2 is 2.32 bits per heavy atom. The third-order valence-electron chi connectivity index (χ3n) is 2.89. The van der Waals surface area contributed by atoms with E-state index in [1.54, 1.807) is 6.07 Å². The van der Waals surface area contributed by atoms with E-state index in [1.165, 1.54) is 0 Å². The smallest absolute Gasteiger partial charge is 0.255 e. The normalized spacial score (nSPS) is 10.8. The van der Waals surface area contributed by atoms with E-state index in [4.69, 9.17) is 5.73 Å². The molecule has 0 radical (unpaired) electrons. The van der Waals surface area contributed by atoms with E-state index >= 15 is 0 Å². The lowest BCUT2D eigenvalue weighted by molar-refractivity contribution is 0.0954. The lowest BCUT2D eigenvalue weighted by Gasteiger charge is -2.05. The van der Waals surface area contributed by atoms with Crippen molar-refractivity contribution in [2.75, 3.05) is 13.1 Å². The molecule has 0 atom stereocenters. The van der Waals surface area contributed by atoms with Crippen LogP contribution in [-0.2, 0) is 6.42 Å². The van der Waals surface area contributed by atoms with Crippen molar-refractivity contribution in [3.05, 3.63) is 29.7 Å². The fourth-order valence-electron chi connectivity index (χ4n) is 1.93. The number of aryl methyl sites for hydroxylation is 1. The Morgan fingerprint density at radius 1 is 1.47 bits per heavy atom. The van der Waals surface area contributed by atoms with Crippen molar-refractivity contribution in [2.45, 2.75) is 26.2 Å². The number of nitrogens with two attached hydrogens (primary N) is 1. The molecular formula is C13H19N5O. The van der Waals surface area contributed by atoms with Crippen molar-refractivity contribution in [2.24, 2.45) is 5.73 Å². The number of carbonyl (C=O) groups is 1. The summed E-state index contributed by atoms with van der Waals surface area (Å²) in [5, 5.41) is 11.1. The van der Waals surface area contributed by atoms with Crippen LogP contribution in [0.2, 0.25) is 0 Å². The van der Waals surface area contributed by atoms with Crippen molar-refractivity contribution in [1.82, 2.24) is 19.9 Å². The lowest BCUT2D eigenvalue weighted by Crippen LogP contribution is -2.26. The molecule has 0 saturated heterocycles. The van der Waals surface area contributed by atoms with Gasteiger partial charge in [-0.05, 0) is 31.5 Å². The van der Waals surface area contributed by atoms with Gasteiger partial charge in [-0.1, -0.05) is 6.92 Å². The maximum Gasteiger partial charge on any atom is 0.255 e. The summed E-state index contributed by atoms with van der Waals surface area (Å²) in [6.07, 6.45) is 4.49. The number of amides is 1. The van der Waals surface area contributed by atoms with Crippen LogP contribution in [0, 0.1) is 0 Å². The van der Waals surface area contributed by atoms with Crippen molar-refractivity contribution in [1.29, 1.82) is 0 Å². The number of carbonyl (C=O) groups excluding carboxylic acids is 1. The molecule has 0 fully saturated rings. The first-order valence-corrected chi connectivity index (χ1v) is 6.58. The van der Waals surface area contributed by atoms with Crippen LogP contribution in [0.4, 0.5) is 0 Å². The van der Waals surface area contributed by atoms with E-state index in [9.17, 15) is 4.79 Å². The molecule has 0 aliphatic rings. The maximum atomic E-state index is 12.1. The summed E-state index contributed by atoms with van der Waals surface area (Å²) in [6, 6.07) is 3.60. The van der Waals surface area contributed by atoms with E-state index in [-0.39, 0.29) is 5.91 Å². The van der Waals surface area contributed by atoms with Crippen molar-refractivity contribution in [3.8, 4) is 0 Å². The largest absolute Gasteiger partial charge is 0.352 e. The Balaban J connectivity index is 2.26. The van der Waals surface area contributed by atoms with Gasteiger partial charge in [0.15, 0.2) is 5.65 Å². The fourth-order valence-corrected chi connectivity index (χ4v) is 1.93. The molecule has 6 nitrogen and oxygen atoms in total. The second-order valence-corrected chi connectivity index (χ2v) is 4.38. The molecule has 2 aromatic rings. The average Bonchev–Trinajstić information content (AvgIpc) is 2.83. The highest BCUT2D eigenvalue weighted by molar-refractivity contribution is 5.99. The number of aromatic nitrogens is 3. The second kappa shape index (κ2) is 6.29. The summed E-state index contributed by atoms with van der Waals surface area (Å²) < 4.78 is 1.88. The van der Waals surface area contributed by atoms with Crippen LogP contribution in [0.1, 0.15) is 35.9 Å². The van der Waals surface area contributed by atoms with Crippen molar-refractivity contribution in [3.63, 3.8) is 0 Å². The molecule has 0 spiro atoms.